The van der Waals surface area contributed by atoms with Gasteiger partial charge in [-0.15, -0.1) is 0 Å². The van der Waals surface area contributed by atoms with Crippen LogP contribution in [0.4, 0.5) is 11.4 Å². The van der Waals surface area contributed by atoms with Crippen LogP contribution < -0.4 is 4.90 Å². The number of nitrogens with one attached hydrogen (secondary N) is 1. The molecule has 0 spiro atoms. The van der Waals surface area contributed by atoms with Gasteiger partial charge >= 0.3 is 0 Å². The van der Waals surface area contributed by atoms with E-state index in [2.05, 4.69) is 77.2 Å². The first kappa shape index (κ1) is 16.9. The molecule has 4 rings (SSSR count). The molecular formula is C23H20N4. The number of rotatable bonds is 3. The lowest BCUT2D eigenvalue weighted by Crippen LogP contribution is -2.14. The SMILES string of the molecule is Cc1ccc(-c2cncc(C#N)c2N(C)c2ccc3[nH]ccc3c2C)cc1. The smallest absolute Gasteiger partial charge is 0.103 e. The molecule has 0 radical (unpaired) electrons. The second-order valence-corrected chi connectivity index (χ2v) is 6.77. The molecule has 0 aliphatic carbocycles. The monoisotopic (exact) mass is 352 g/mol. The predicted octanol–water partition coefficient (Wildman–Crippen LogP) is 5.49. The first-order chi connectivity index (χ1) is 13.1. The van der Waals surface area contributed by atoms with Crippen LogP contribution in [0.5, 0.6) is 0 Å². The maximum absolute atomic E-state index is 9.72. The van der Waals surface area contributed by atoms with Crippen molar-refractivity contribution >= 4 is 22.3 Å². The summed E-state index contributed by atoms with van der Waals surface area (Å²) in [4.78, 5) is 9.65. The normalized spacial score (nSPS) is 10.7. The third kappa shape index (κ3) is 2.84. The Balaban J connectivity index is 1.92. The number of H-pyrrole nitrogens is 1. The third-order valence-corrected chi connectivity index (χ3v) is 5.07. The molecule has 2 aromatic carbocycles. The molecule has 1 N–H and O–H groups in total. The van der Waals surface area contributed by atoms with E-state index in [0.717, 1.165) is 28.0 Å². The third-order valence-electron chi connectivity index (χ3n) is 5.07. The Morgan fingerprint density at radius 2 is 1.78 bits per heavy atom. The summed E-state index contributed by atoms with van der Waals surface area (Å²) in [7, 11) is 2.01. The Labute approximate surface area is 158 Å². The van der Waals surface area contributed by atoms with Gasteiger partial charge in [0.1, 0.15) is 6.07 Å². The molecule has 0 unspecified atom stereocenters. The Bertz CT molecular complexity index is 1160. The molecule has 27 heavy (non-hydrogen) atoms. The number of aromatic nitrogens is 2. The minimum absolute atomic E-state index is 0.559. The van der Waals surface area contributed by atoms with Gasteiger partial charge in [0.25, 0.3) is 0 Å². The van der Waals surface area contributed by atoms with Gasteiger partial charge in [-0.2, -0.15) is 5.26 Å². The summed E-state index contributed by atoms with van der Waals surface area (Å²) in [5.74, 6) is 0. The summed E-state index contributed by atoms with van der Waals surface area (Å²) >= 11 is 0. The summed E-state index contributed by atoms with van der Waals surface area (Å²) < 4.78 is 0. The molecule has 0 fully saturated rings. The lowest BCUT2D eigenvalue weighted by molar-refractivity contribution is 1.16. The van der Waals surface area contributed by atoms with E-state index in [-0.39, 0.29) is 0 Å². The van der Waals surface area contributed by atoms with Gasteiger partial charge < -0.3 is 9.88 Å². The van der Waals surface area contributed by atoms with Gasteiger partial charge in [-0.05, 0) is 43.2 Å². The van der Waals surface area contributed by atoms with Crippen molar-refractivity contribution < 1.29 is 0 Å². The van der Waals surface area contributed by atoms with Gasteiger partial charge in [0.05, 0.1) is 11.3 Å². The van der Waals surface area contributed by atoms with Crippen LogP contribution in [0.25, 0.3) is 22.0 Å². The molecule has 0 aliphatic heterocycles. The first-order valence-electron chi connectivity index (χ1n) is 8.85. The Morgan fingerprint density at radius 3 is 2.52 bits per heavy atom. The number of aryl methyl sites for hydroxylation is 2. The van der Waals surface area contributed by atoms with E-state index in [0.29, 0.717) is 5.56 Å². The predicted molar refractivity (Wildman–Crippen MR) is 110 cm³/mol. The lowest BCUT2D eigenvalue weighted by atomic mass is 10.00. The fourth-order valence-corrected chi connectivity index (χ4v) is 3.60. The molecule has 132 valence electrons. The number of nitriles is 1. The number of benzene rings is 2. The second kappa shape index (κ2) is 6.62. The van der Waals surface area contributed by atoms with Crippen LogP contribution in [0.3, 0.4) is 0 Å². The van der Waals surface area contributed by atoms with E-state index in [9.17, 15) is 5.26 Å². The van der Waals surface area contributed by atoms with Gasteiger partial charge in [0, 0.05) is 47.8 Å². The number of aromatic amines is 1. The van der Waals surface area contributed by atoms with Crippen molar-refractivity contribution in [3.05, 3.63) is 77.7 Å². The van der Waals surface area contributed by atoms with Crippen molar-refractivity contribution in [1.29, 1.82) is 5.26 Å². The Hall–Kier alpha value is -3.58. The molecule has 0 bridgehead atoms. The summed E-state index contributed by atoms with van der Waals surface area (Å²) in [6.45, 7) is 4.18. The fraction of sp³-hybridized carbons (Fsp3) is 0.130. The van der Waals surface area contributed by atoms with Gasteiger partial charge in [-0.25, -0.2) is 0 Å². The average molecular weight is 352 g/mol. The maximum Gasteiger partial charge on any atom is 0.103 e. The number of pyridine rings is 1. The van der Waals surface area contributed by atoms with E-state index in [1.165, 1.54) is 16.5 Å². The average Bonchev–Trinajstić information content (AvgIpc) is 3.17. The maximum atomic E-state index is 9.72. The van der Waals surface area contributed by atoms with E-state index in [1.54, 1.807) is 6.20 Å². The minimum Gasteiger partial charge on any atom is -0.361 e. The summed E-state index contributed by atoms with van der Waals surface area (Å²) in [6.07, 6.45) is 5.42. The van der Waals surface area contributed by atoms with E-state index < -0.39 is 0 Å². The highest BCUT2D eigenvalue weighted by atomic mass is 15.1. The van der Waals surface area contributed by atoms with Crippen LogP contribution in [-0.2, 0) is 0 Å². The zero-order chi connectivity index (χ0) is 19.0. The quantitative estimate of drug-likeness (QED) is 0.531. The number of anilines is 2. The Kier molecular flexibility index (Phi) is 4.13. The number of hydrogen-bond donors (Lipinski definition) is 1. The zero-order valence-electron chi connectivity index (χ0n) is 15.6. The molecule has 0 atom stereocenters. The second-order valence-electron chi connectivity index (χ2n) is 6.77. The van der Waals surface area contributed by atoms with Crippen molar-refractivity contribution in [2.75, 3.05) is 11.9 Å². The fourth-order valence-electron chi connectivity index (χ4n) is 3.60. The summed E-state index contributed by atoms with van der Waals surface area (Å²) in [6, 6.07) is 16.9. The standard InChI is InChI=1S/C23H20N4/c1-15-4-6-17(7-5-15)20-14-25-13-18(12-24)23(20)27(3)22-9-8-21-19(16(22)2)10-11-26-21/h4-11,13-14,26H,1-3H3. The van der Waals surface area contributed by atoms with Crippen molar-refractivity contribution in [3.8, 4) is 17.2 Å². The van der Waals surface area contributed by atoms with Crippen molar-refractivity contribution in [2.24, 2.45) is 0 Å². The molecular weight excluding hydrogens is 332 g/mol. The summed E-state index contributed by atoms with van der Waals surface area (Å²) in [5, 5.41) is 10.9. The van der Waals surface area contributed by atoms with E-state index in [1.807, 2.05) is 19.4 Å². The largest absolute Gasteiger partial charge is 0.361 e. The van der Waals surface area contributed by atoms with Crippen LogP contribution in [0.2, 0.25) is 0 Å². The Morgan fingerprint density at radius 1 is 1.00 bits per heavy atom. The van der Waals surface area contributed by atoms with Crippen LogP contribution in [-0.4, -0.2) is 17.0 Å². The molecule has 0 saturated carbocycles. The van der Waals surface area contributed by atoms with Gasteiger partial charge in [0.2, 0.25) is 0 Å². The van der Waals surface area contributed by atoms with Crippen molar-refractivity contribution in [2.45, 2.75) is 13.8 Å². The van der Waals surface area contributed by atoms with Crippen LogP contribution in [0, 0.1) is 25.2 Å². The minimum atomic E-state index is 0.559. The number of fused-ring (bicyclic) bond motifs is 1. The molecule has 0 aliphatic rings. The lowest BCUT2D eigenvalue weighted by Gasteiger charge is -2.25. The van der Waals surface area contributed by atoms with Crippen molar-refractivity contribution in [1.82, 2.24) is 9.97 Å². The number of nitrogens with zero attached hydrogens (tertiary/aromatic N) is 3. The highest BCUT2D eigenvalue weighted by Crippen LogP contribution is 2.38. The first-order valence-corrected chi connectivity index (χ1v) is 8.85. The van der Waals surface area contributed by atoms with Gasteiger partial charge in [-0.1, -0.05) is 29.8 Å². The zero-order valence-corrected chi connectivity index (χ0v) is 15.6. The number of hydrogen-bond acceptors (Lipinski definition) is 3. The van der Waals surface area contributed by atoms with Crippen LogP contribution in [0.15, 0.2) is 61.1 Å². The highest BCUT2D eigenvalue weighted by Gasteiger charge is 2.18. The summed E-state index contributed by atoms with van der Waals surface area (Å²) in [5.41, 5.74) is 7.98. The van der Waals surface area contributed by atoms with Crippen LogP contribution >= 0.6 is 0 Å². The van der Waals surface area contributed by atoms with Crippen LogP contribution in [0.1, 0.15) is 16.7 Å². The van der Waals surface area contributed by atoms with Crippen molar-refractivity contribution in [3.63, 3.8) is 0 Å². The molecule has 2 aromatic heterocycles. The molecule has 0 saturated heterocycles. The highest BCUT2D eigenvalue weighted by molar-refractivity contribution is 5.92. The molecule has 4 heteroatoms. The molecule has 2 heterocycles. The topological polar surface area (TPSA) is 55.7 Å². The molecule has 4 nitrogen and oxygen atoms in total. The van der Waals surface area contributed by atoms with Gasteiger partial charge in [0.15, 0.2) is 0 Å². The molecule has 0 amide bonds. The van der Waals surface area contributed by atoms with E-state index >= 15 is 0 Å². The molecule has 4 aromatic rings. The van der Waals surface area contributed by atoms with Gasteiger partial charge in [-0.3, -0.25) is 4.98 Å². The van der Waals surface area contributed by atoms with E-state index in [4.69, 9.17) is 0 Å².